The predicted octanol–water partition coefficient (Wildman–Crippen LogP) is 2.71. The smallest absolute Gasteiger partial charge is 0.184 e. The van der Waals surface area contributed by atoms with Crippen LogP contribution in [-0.2, 0) is 23.7 Å². The molecule has 5 unspecified atom stereocenters. The molecule has 0 radical (unpaired) electrons. The van der Waals surface area contributed by atoms with Crippen molar-refractivity contribution in [2.24, 2.45) is 17.8 Å². The van der Waals surface area contributed by atoms with Crippen LogP contribution in [0.4, 0.5) is 0 Å². The molecule has 3 rings (SSSR count). The van der Waals surface area contributed by atoms with E-state index in [0.717, 1.165) is 6.42 Å². The second kappa shape index (κ2) is 7.64. The molecule has 6 nitrogen and oxygen atoms in total. The van der Waals surface area contributed by atoms with Crippen LogP contribution < -0.4 is 0 Å². The van der Waals surface area contributed by atoms with E-state index >= 15 is 0 Å². The summed E-state index contributed by atoms with van der Waals surface area (Å²) < 4.78 is 30.3. The van der Waals surface area contributed by atoms with Crippen LogP contribution in [0.5, 0.6) is 0 Å². The SMILES string of the molecule is CCC1O[C@H](C)C(C)C(C)[C@@H]1O[C@@H]1OC2COC(C)(C)O[C@@H]2[C@@H](C)C1O. The maximum atomic E-state index is 10.8. The number of aliphatic hydroxyl groups is 1. The first-order valence-electron chi connectivity index (χ1n) is 10.1. The van der Waals surface area contributed by atoms with Gasteiger partial charge in [-0.25, -0.2) is 0 Å². The lowest BCUT2D eigenvalue weighted by molar-refractivity contribution is -0.384. The van der Waals surface area contributed by atoms with Gasteiger partial charge in [-0.1, -0.05) is 27.7 Å². The van der Waals surface area contributed by atoms with Crippen molar-refractivity contribution in [1.82, 2.24) is 0 Å². The summed E-state index contributed by atoms with van der Waals surface area (Å²) in [5.41, 5.74) is 0. The van der Waals surface area contributed by atoms with Gasteiger partial charge in [0.15, 0.2) is 12.1 Å². The van der Waals surface area contributed by atoms with Crippen LogP contribution in [0.25, 0.3) is 0 Å². The Labute approximate surface area is 157 Å². The molecule has 0 aromatic carbocycles. The van der Waals surface area contributed by atoms with Crippen LogP contribution in [0.1, 0.15) is 54.9 Å². The molecule has 3 aliphatic rings. The molecule has 6 heteroatoms. The predicted molar refractivity (Wildman–Crippen MR) is 96.6 cm³/mol. The van der Waals surface area contributed by atoms with Crippen molar-refractivity contribution in [2.75, 3.05) is 6.61 Å². The number of hydrogen-bond acceptors (Lipinski definition) is 6. The van der Waals surface area contributed by atoms with Gasteiger partial charge in [0.1, 0.15) is 12.2 Å². The van der Waals surface area contributed by atoms with E-state index < -0.39 is 18.2 Å². The third kappa shape index (κ3) is 3.82. The van der Waals surface area contributed by atoms with Crippen LogP contribution in [-0.4, -0.2) is 60.4 Å². The zero-order valence-electron chi connectivity index (χ0n) is 17.2. The molecule has 0 aliphatic carbocycles. The van der Waals surface area contributed by atoms with E-state index in [1.165, 1.54) is 0 Å². The highest BCUT2D eigenvalue weighted by Crippen LogP contribution is 2.39. The minimum Gasteiger partial charge on any atom is -0.387 e. The van der Waals surface area contributed by atoms with Gasteiger partial charge in [-0.3, -0.25) is 0 Å². The first-order chi connectivity index (χ1) is 12.1. The maximum Gasteiger partial charge on any atom is 0.184 e. The minimum absolute atomic E-state index is 0.0119. The standard InChI is InChI=1S/C20H36O6/c1-8-14-17(11(3)10(2)13(5)23-14)25-19-16(21)12(4)18-15(24-19)9-22-20(6,7)26-18/h10-19,21H,8-9H2,1-7H3/t10?,11?,12-,13+,14?,15?,16?,17-,18+,19-/m0/s1. The van der Waals surface area contributed by atoms with E-state index in [0.29, 0.717) is 18.4 Å². The van der Waals surface area contributed by atoms with Gasteiger partial charge in [-0.2, -0.15) is 0 Å². The highest BCUT2D eigenvalue weighted by atomic mass is 16.8. The number of aliphatic hydroxyl groups excluding tert-OH is 1. The fraction of sp³-hybridized carbons (Fsp3) is 1.00. The van der Waals surface area contributed by atoms with Crippen molar-refractivity contribution in [2.45, 2.75) is 104 Å². The van der Waals surface area contributed by atoms with Crippen LogP contribution in [0.15, 0.2) is 0 Å². The molecule has 0 saturated carbocycles. The number of ether oxygens (including phenoxy) is 5. The lowest BCUT2D eigenvalue weighted by Gasteiger charge is -2.51. The Morgan fingerprint density at radius 2 is 1.73 bits per heavy atom. The summed E-state index contributed by atoms with van der Waals surface area (Å²) >= 11 is 0. The topological polar surface area (TPSA) is 66.4 Å². The zero-order valence-corrected chi connectivity index (χ0v) is 17.2. The summed E-state index contributed by atoms with van der Waals surface area (Å²) in [4.78, 5) is 0. The Hall–Kier alpha value is -0.240. The molecule has 1 N–H and O–H groups in total. The van der Waals surface area contributed by atoms with E-state index in [1.54, 1.807) is 0 Å². The Balaban J connectivity index is 1.71. The molecule has 0 aromatic rings. The zero-order chi connectivity index (χ0) is 19.2. The molecule has 3 saturated heterocycles. The quantitative estimate of drug-likeness (QED) is 0.822. The largest absolute Gasteiger partial charge is 0.387 e. The monoisotopic (exact) mass is 372 g/mol. The number of rotatable bonds is 3. The molecule has 10 atom stereocenters. The lowest BCUT2D eigenvalue weighted by atomic mass is 9.81. The molecule has 3 aliphatic heterocycles. The van der Waals surface area contributed by atoms with Crippen molar-refractivity contribution >= 4 is 0 Å². The third-order valence-corrected chi connectivity index (χ3v) is 6.56. The molecule has 152 valence electrons. The molecule has 3 heterocycles. The average molecular weight is 373 g/mol. The Kier molecular flexibility index (Phi) is 6.03. The number of fused-ring (bicyclic) bond motifs is 1. The van der Waals surface area contributed by atoms with Gasteiger partial charge in [-0.15, -0.1) is 0 Å². The summed E-state index contributed by atoms with van der Waals surface area (Å²) in [5, 5.41) is 10.8. The highest BCUT2D eigenvalue weighted by Gasteiger charge is 2.51. The van der Waals surface area contributed by atoms with Gasteiger partial charge < -0.3 is 28.8 Å². The van der Waals surface area contributed by atoms with Gasteiger partial charge in [0.05, 0.1) is 31.0 Å². The molecule has 0 bridgehead atoms. The van der Waals surface area contributed by atoms with Gasteiger partial charge in [0.25, 0.3) is 0 Å². The molecular formula is C20H36O6. The van der Waals surface area contributed by atoms with Crippen LogP contribution >= 0.6 is 0 Å². The molecule has 0 aromatic heterocycles. The van der Waals surface area contributed by atoms with Crippen LogP contribution in [0.3, 0.4) is 0 Å². The summed E-state index contributed by atoms with van der Waals surface area (Å²) in [6.45, 7) is 14.8. The maximum absolute atomic E-state index is 10.8. The Bertz CT molecular complexity index is 479. The van der Waals surface area contributed by atoms with E-state index in [9.17, 15) is 5.11 Å². The molecule has 3 fully saturated rings. The van der Waals surface area contributed by atoms with Crippen LogP contribution in [0, 0.1) is 17.8 Å². The normalized spacial score (nSPS) is 51.7. The molecule has 26 heavy (non-hydrogen) atoms. The fourth-order valence-corrected chi connectivity index (χ4v) is 4.42. The lowest BCUT2D eigenvalue weighted by Crippen LogP contribution is -2.63. The molecular weight excluding hydrogens is 336 g/mol. The van der Waals surface area contributed by atoms with E-state index in [4.69, 9.17) is 23.7 Å². The average Bonchev–Trinajstić information content (AvgIpc) is 2.59. The fourth-order valence-electron chi connectivity index (χ4n) is 4.42. The first kappa shape index (κ1) is 20.5. The third-order valence-electron chi connectivity index (χ3n) is 6.56. The van der Waals surface area contributed by atoms with Crippen molar-refractivity contribution in [3.05, 3.63) is 0 Å². The Morgan fingerprint density at radius 1 is 1.04 bits per heavy atom. The Morgan fingerprint density at radius 3 is 2.38 bits per heavy atom. The van der Waals surface area contributed by atoms with Gasteiger partial charge in [-0.05, 0) is 39.0 Å². The summed E-state index contributed by atoms with van der Waals surface area (Å²) in [6, 6.07) is 0. The number of hydrogen-bond donors (Lipinski definition) is 1. The van der Waals surface area contributed by atoms with Crippen LogP contribution in [0.2, 0.25) is 0 Å². The second-order valence-electron chi connectivity index (χ2n) is 8.79. The van der Waals surface area contributed by atoms with E-state index in [2.05, 4.69) is 27.7 Å². The van der Waals surface area contributed by atoms with Gasteiger partial charge in [0, 0.05) is 5.92 Å². The van der Waals surface area contributed by atoms with Crippen molar-refractivity contribution in [1.29, 1.82) is 0 Å². The van der Waals surface area contributed by atoms with Gasteiger partial charge >= 0.3 is 0 Å². The summed E-state index contributed by atoms with van der Waals surface area (Å²) in [6.07, 6.45) is -0.879. The van der Waals surface area contributed by atoms with Gasteiger partial charge in [0.2, 0.25) is 0 Å². The van der Waals surface area contributed by atoms with E-state index in [1.807, 2.05) is 20.8 Å². The van der Waals surface area contributed by atoms with Crippen molar-refractivity contribution < 1.29 is 28.8 Å². The summed E-state index contributed by atoms with van der Waals surface area (Å²) in [5.74, 6) is -0.0455. The molecule has 0 amide bonds. The second-order valence-corrected chi connectivity index (χ2v) is 8.79. The summed E-state index contributed by atoms with van der Waals surface area (Å²) in [7, 11) is 0. The van der Waals surface area contributed by atoms with Crippen molar-refractivity contribution in [3.63, 3.8) is 0 Å². The first-order valence-corrected chi connectivity index (χ1v) is 10.1. The highest BCUT2D eigenvalue weighted by molar-refractivity contribution is 4.93. The van der Waals surface area contributed by atoms with Crippen molar-refractivity contribution in [3.8, 4) is 0 Å². The molecule has 0 spiro atoms. The van der Waals surface area contributed by atoms with E-state index in [-0.39, 0.29) is 36.4 Å². The minimum atomic E-state index is -0.746.